The Labute approximate surface area is 187 Å². The molecule has 32 heavy (non-hydrogen) atoms. The van der Waals surface area contributed by atoms with Crippen molar-refractivity contribution in [2.75, 3.05) is 27.3 Å². The van der Waals surface area contributed by atoms with Gasteiger partial charge in [-0.05, 0) is 55.2 Å². The van der Waals surface area contributed by atoms with Crippen LogP contribution in [0.15, 0.2) is 48.0 Å². The number of nitrogens with zero attached hydrogens (tertiary/aromatic N) is 1. The fourth-order valence-corrected chi connectivity index (χ4v) is 4.65. The van der Waals surface area contributed by atoms with Gasteiger partial charge in [-0.2, -0.15) is 0 Å². The van der Waals surface area contributed by atoms with Gasteiger partial charge in [-0.25, -0.2) is 0 Å². The van der Waals surface area contributed by atoms with E-state index < -0.39 is 0 Å². The zero-order valence-electron chi connectivity index (χ0n) is 18.8. The lowest BCUT2D eigenvalue weighted by Crippen LogP contribution is -2.21. The van der Waals surface area contributed by atoms with Gasteiger partial charge in [0.25, 0.3) is 0 Å². The Hall–Kier alpha value is -3.67. The number of rotatable bonds is 2. The minimum absolute atomic E-state index is 0.879. The van der Waals surface area contributed by atoms with Crippen molar-refractivity contribution in [1.29, 1.82) is 0 Å². The number of methoxy groups -OCH3 is 2. The fraction of sp³-hybridized carbons (Fsp3) is 0.269. The second-order valence-electron chi connectivity index (χ2n) is 8.15. The number of hydrogen-bond donors (Lipinski definition) is 3. The van der Waals surface area contributed by atoms with E-state index in [9.17, 15) is 0 Å². The number of fused-ring (bicyclic) bond motifs is 6. The zero-order valence-corrected chi connectivity index (χ0v) is 18.8. The fourth-order valence-electron chi connectivity index (χ4n) is 4.65. The van der Waals surface area contributed by atoms with Crippen LogP contribution in [0.1, 0.15) is 29.4 Å². The summed E-state index contributed by atoms with van der Waals surface area (Å²) in [5.41, 5.74) is 9.43. The van der Waals surface area contributed by atoms with Crippen LogP contribution < -0.4 is 14.8 Å². The van der Waals surface area contributed by atoms with Crippen molar-refractivity contribution in [3.8, 4) is 11.5 Å². The molecule has 0 aliphatic carbocycles. The standard InChI is InChI=1S/2C13H14N2O/c2*1-8-13-11(5-6-14-8)10-4-3-9(16-2)7-12(10)15-13/h3-4,7,15H,5-6H2,1-2H3;3-4,7,14-15H,1,5-6H2,2H3. The first-order valence-corrected chi connectivity index (χ1v) is 10.9. The topological polar surface area (TPSA) is 74.4 Å². The Morgan fingerprint density at radius 3 is 2.06 bits per heavy atom. The number of aromatic nitrogens is 2. The first-order chi connectivity index (χ1) is 15.6. The molecule has 0 radical (unpaired) electrons. The normalized spacial score (nSPS) is 14.7. The Bertz CT molecular complexity index is 1310. The summed E-state index contributed by atoms with van der Waals surface area (Å²) >= 11 is 0. The van der Waals surface area contributed by atoms with E-state index in [1.807, 2.05) is 24.3 Å². The highest BCUT2D eigenvalue weighted by Crippen LogP contribution is 2.31. The number of aliphatic imine (C=N–C) groups is 1. The van der Waals surface area contributed by atoms with E-state index in [1.165, 1.54) is 27.6 Å². The van der Waals surface area contributed by atoms with Crippen LogP contribution in [0, 0.1) is 0 Å². The average Bonchev–Trinajstić information content (AvgIpc) is 3.38. The lowest BCUT2D eigenvalue weighted by atomic mass is 10.0. The maximum Gasteiger partial charge on any atom is 0.120 e. The molecule has 3 N–H and O–H groups in total. The van der Waals surface area contributed by atoms with Gasteiger partial charge < -0.3 is 24.8 Å². The number of ether oxygens (including phenoxy) is 2. The van der Waals surface area contributed by atoms with Crippen molar-refractivity contribution < 1.29 is 9.47 Å². The number of aromatic amines is 2. The molecule has 4 heterocycles. The number of benzene rings is 2. The summed E-state index contributed by atoms with van der Waals surface area (Å²) in [5, 5.41) is 5.84. The van der Waals surface area contributed by atoms with E-state index in [2.05, 4.69) is 45.9 Å². The maximum absolute atomic E-state index is 5.23. The van der Waals surface area contributed by atoms with Crippen LogP contribution in [0.4, 0.5) is 0 Å². The molecule has 0 saturated heterocycles. The molecule has 2 aliphatic rings. The van der Waals surface area contributed by atoms with Crippen LogP contribution in [0.5, 0.6) is 11.5 Å². The van der Waals surface area contributed by atoms with Crippen molar-refractivity contribution in [1.82, 2.24) is 15.3 Å². The maximum atomic E-state index is 5.23. The Balaban J connectivity index is 0.000000135. The van der Waals surface area contributed by atoms with Crippen molar-refractivity contribution in [3.05, 3.63) is 65.5 Å². The van der Waals surface area contributed by atoms with Gasteiger partial charge in [0, 0.05) is 47.0 Å². The lowest BCUT2D eigenvalue weighted by molar-refractivity contribution is 0.415. The summed E-state index contributed by atoms with van der Waals surface area (Å²) in [6.07, 6.45) is 2.07. The minimum Gasteiger partial charge on any atom is -0.497 e. The molecule has 2 aromatic heterocycles. The molecule has 4 aromatic rings. The van der Waals surface area contributed by atoms with Gasteiger partial charge in [0.1, 0.15) is 11.5 Å². The predicted molar refractivity (Wildman–Crippen MR) is 131 cm³/mol. The van der Waals surface area contributed by atoms with Gasteiger partial charge in [-0.15, -0.1) is 0 Å². The van der Waals surface area contributed by atoms with E-state index in [0.29, 0.717) is 0 Å². The monoisotopic (exact) mass is 428 g/mol. The molecule has 0 spiro atoms. The van der Waals surface area contributed by atoms with E-state index in [0.717, 1.165) is 65.6 Å². The largest absolute Gasteiger partial charge is 0.497 e. The first kappa shape index (κ1) is 20.2. The number of hydrogen-bond acceptors (Lipinski definition) is 4. The average molecular weight is 429 g/mol. The minimum atomic E-state index is 0.879. The summed E-state index contributed by atoms with van der Waals surface area (Å²) in [6.45, 7) is 7.94. The molecule has 0 unspecified atom stereocenters. The third-order valence-corrected chi connectivity index (χ3v) is 6.31. The molecule has 6 nitrogen and oxygen atoms in total. The van der Waals surface area contributed by atoms with E-state index in [1.54, 1.807) is 14.2 Å². The predicted octanol–water partition coefficient (Wildman–Crippen LogP) is 4.83. The summed E-state index contributed by atoms with van der Waals surface area (Å²) < 4.78 is 10.5. The molecule has 0 bridgehead atoms. The van der Waals surface area contributed by atoms with Crippen LogP contribution >= 0.6 is 0 Å². The molecule has 0 fully saturated rings. The number of H-pyrrole nitrogens is 2. The van der Waals surface area contributed by atoms with Gasteiger partial charge in [0.15, 0.2) is 0 Å². The summed E-state index contributed by atoms with van der Waals surface area (Å²) in [5.74, 6) is 1.77. The van der Waals surface area contributed by atoms with Gasteiger partial charge >= 0.3 is 0 Å². The van der Waals surface area contributed by atoms with E-state index in [-0.39, 0.29) is 0 Å². The van der Waals surface area contributed by atoms with E-state index in [4.69, 9.17) is 9.47 Å². The molecule has 2 aliphatic heterocycles. The molecule has 164 valence electrons. The van der Waals surface area contributed by atoms with Crippen LogP contribution in [-0.2, 0) is 12.8 Å². The molecule has 6 heteroatoms. The second-order valence-corrected chi connectivity index (χ2v) is 8.15. The van der Waals surface area contributed by atoms with Crippen LogP contribution in [0.2, 0.25) is 0 Å². The Kier molecular flexibility index (Phi) is 5.13. The third kappa shape index (κ3) is 3.42. The molecular formula is C26H28N4O2. The van der Waals surface area contributed by atoms with Gasteiger partial charge in [-0.1, -0.05) is 6.58 Å². The first-order valence-electron chi connectivity index (χ1n) is 10.9. The van der Waals surface area contributed by atoms with Crippen LogP contribution in [0.3, 0.4) is 0 Å². The van der Waals surface area contributed by atoms with Crippen LogP contribution in [-0.4, -0.2) is 43.0 Å². The summed E-state index contributed by atoms with van der Waals surface area (Å²) in [7, 11) is 3.38. The quantitative estimate of drug-likeness (QED) is 0.428. The van der Waals surface area contributed by atoms with Crippen molar-refractivity contribution in [3.63, 3.8) is 0 Å². The molecule has 0 amide bonds. The highest BCUT2D eigenvalue weighted by molar-refractivity contribution is 6.05. The second kappa shape index (κ2) is 8.11. The lowest BCUT2D eigenvalue weighted by Gasteiger charge is -2.16. The molecular weight excluding hydrogens is 400 g/mol. The third-order valence-electron chi connectivity index (χ3n) is 6.31. The van der Waals surface area contributed by atoms with E-state index >= 15 is 0 Å². The molecule has 0 saturated carbocycles. The van der Waals surface area contributed by atoms with Crippen molar-refractivity contribution >= 4 is 33.2 Å². The smallest absolute Gasteiger partial charge is 0.120 e. The van der Waals surface area contributed by atoms with Crippen LogP contribution in [0.25, 0.3) is 27.5 Å². The summed E-state index contributed by atoms with van der Waals surface area (Å²) in [4.78, 5) is 11.3. The highest BCUT2D eigenvalue weighted by atomic mass is 16.5. The van der Waals surface area contributed by atoms with Gasteiger partial charge in [-0.3, -0.25) is 4.99 Å². The SMILES string of the molecule is C=C1NCCc2c1[nH]c1cc(OC)ccc21.COc1ccc2c3c([nH]c2c1)C(C)=NCC3. The van der Waals surface area contributed by atoms with Crippen molar-refractivity contribution in [2.45, 2.75) is 19.8 Å². The summed E-state index contributed by atoms with van der Waals surface area (Å²) in [6, 6.07) is 12.3. The zero-order chi connectivity index (χ0) is 22.2. The molecule has 6 rings (SSSR count). The Morgan fingerprint density at radius 2 is 1.44 bits per heavy atom. The molecule has 2 aromatic carbocycles. The van der Waals surface area contributed by atoms with Gasteiger partial charge in [0.05, 0.1) is 37.0 Å². The molecule has 0 atom stereocenters. The highest BCUT2D eigenvalue weighted by Gasteiger charge is 2.18. The van der Waals surface area contributed by atoms with Crippen molar-refractivity contribution in [2.24, 2.45) is 4.99 Å². The van der Waals surface area contributed by atoms with Gasteiger partial charge in [0.2, 0.25) is 0 Å². The number of nitrogens with one attached hydrogen (secondary N) is 3. The Morgan fingerprint density at radius 1 is 0.844 bits per heavy atom.